The smallest absolute Gasteiger partial charge is 0.199 e. The van der Waals surface area contributed by atoms with Crippen molar-refractivity contribution < 1.29 is 23.0 Å². The summed E-state index contributed by atoms with van der Waals surface area (Å²) in [6.45, 7) is 5.36. The molecule has 0 aromatic heterocycles. The van der Waals surface area contributed by atoms with Crippen molar-refractivity contribution >= 4 is 5.78 Å². The molecule has 152 valence electrons. The summed E-state index contributed by atoms with van der Waals surface area (Å²) in [5.74, 6) is -0.786. The van der Waals surface area contributed by atoms with E-state index in [0.29, 0.717) is 5.75 Å². The quantitative estimate of drug-likeness (QED) is 0.519. The van der Waals surface area contributed by atoms with Gasteiger partial charge in [0, 0.05) is 6.07 Å². The molecule has 0 saturated heterocycles. The van der Waals surface area contributed by atoms with Gasteiger partial charge in [-0.3, -0.25) is 4.79 Å². The molecule has 0 radical (unpaired) electrons. The van der Waals surface area contributed by atoms with Crippen LogP contribution in [-0.2, 0) is 0 Å². The van der Waals surface area contributed by atoms with Crippen LogP contribution in [-0.4, -0.2) is 20.0 Å². The lowest BCUT2D eigenvalue weighted by Gasteiger charge is -2.10. The second-order valence-electron chi connectivity index (χ2n) is 6.63. The summed E-state index contributed by atoms with van der Waals surface area (Å²) in [6, 6.07) is 15.0. The van der Waals surface area contributed by atoms with Crippen molar-refractivity contribution in [2.75, 3.05) is 14.2 Å². The fraction of sp³-hybridized carbons (Fsp3) is 0.208. The first-order valence-electron chi connectivity index (χ1n) is 9.02. The summed E-state index contributed by atoms with van der Waals surface area (Å²) in [5, 5.41) is 0. The lowest BCUT2D eigenvalue weighted by atomic mass is 9.98. The lowest BCUT2D eigenvalue weighted by molar-refractivity contribution is 0.103. The minimum absolute atomic E-state index is 0.159. The number of carbonyl (C=O) groups is 1. The molecule has 0 amide bonds. The van der Waals surface area contributed by atoms with E-state index in [1.165, 1.54) is 25.7 Å². The fourth-order valence-electron chi connectivity index (χ4n) is 2.65. The molecular formula is C24H24F2O3. The van der Waals surface area contributed by atoms with Gasteiger partial charge < -0.3 is 9.47 Å². The van der Waals surface area contributed by atoms with Crippen LogP contribution < -0.4 is 9.47 Å². The van der Waals surface area contributed by atoms with Crippen LogP contribution in [0.1, 0.15) is 32.6 Å². The topological polar surface area (TPSA) is 35.5 Å². The average molecular weight is 398 g/mol. The van der Waals surface area contributed by atoms with Crippen LogP contribution in [0.4, 0.5) is 8.78 Å². The Morgan fingerprint density at radius 2 is 1.34 bits per heavy atom. The number of hydrogen-bond acceptors (Lipinski definition) is 3. The Balaban J connectivity index is 0.000000278. The number of methoxy groups -OCH3 is 2. The van der Waals surface area contributed by atoms with Crippen LogP contribution in [0.2, 0.25) is 0 Å². The van der Waals surface area contributed by atoms with Crippen LogP contribution in [0.5, 0.6) is 11.5 Å². The molecule has 0 fully saturated rings. The van der Waals surface area contributed by atoms with Crippen LogP contribution in [0.25, 0.3) is 0 Å². The Hall–Kier alpha value is -3.21. The van der Waals surface area contributed by atoms with E-state index in [1.54, 1.807) is 25.3 Å². The van der Waals surface area contributed by atoms with Gasteiger partial charge >= 0.3 is 0 Å². The van der Waals surface area contributed by atoms with Crippen molar-refractivity contribution in [3.63, 3.8) is 0 Å². The minimum atomic E-state index is -0.873. The molecule has 0 bridgehead atoms. The van der Waals surface area contributed by atoms with E-state index in [-0.39, 0.29) is 16.7 Å². The summed E-state index contributed by atoms with van der Waals surface area (Å²) in [7, 11) is 3.11. The summed E-state index contributed by atoms with van der Waals surface area (Å²) < 4.78 is 37.1. The Labute approximate surface area is 169 Å². The third-order valence-corrected chi connectivity index (χ3v) is 4.35. The summed E-state index contributed by atoms with van der Waals surface area (Å²) in [4.78, 5) is 12.4. The number of aryl methyl sites for hydroxylation is 3. The van der Waals surface area contributed by atoms with Crippen LogP contribution in [0, 0.1) is 32.4 Å². The molecule has 0 aliphatic heterocycles. The molecule has 0 heterocycles. The SMILES string of the molecule is COc1ccc(C)cc1.COc1ccc(C)cc1C(=O)c1cc(C)c(F)cc1F. The number of rotatable bonds is 4. The first kappa shape index (κ1) is 22.1. The van der Waals surface area contributed by atoms with Crippen molar-refractivity contribution in [3.8, 4) is 11.5 Å². The van der Waals surface area contributed by atoms with E-state index >= 15 is 0 Å². The fourth-order valence-corrected chi connectivity index (χ4v) is 2.65. The second-order valence-corrected chi connectivity index (χ2v) is 6.63. The Bertz CT molecular complexity index is 996. The zero-order valence-corrected chi connectivity index (χ0v) is 17.2. The van der Waals surface area contributed by atoms with E-state index in [9.17, 15) is 13.6 Å². The predicted octanol–water partition coefficient (Wildman–Crippen LogP) is 5.82. The summed E-state index contributed by atoms with van der Waals surface area (Å²) >= 11 is 0. The maximum atomic E-state index is 13.8. The highest BCUT2D eigenvalue weighted by atomic mass is 19.1. The molecule has 0 unspecified atom stereocenters. The van der Waals surface area contributed by atoms with E-state index in [2.05, 4.69) is 6.92 Å². The van der Waals surface area contributed by atoms with Crippen molar-refractivity contribution in [2.24, 2.45) is 0 Å². The van der Waals surface area contributed by atoms with E-state index in [1.807, 2.05) is 31.2 Å². The number of benzene rings is 3. The van der Waals surface area contributed by atoms with Gasteiger partial charge in [0.2, 0.25) is 0 Å². The highest BCUT2D eigenvalue weighted by Gasteiger charge is 2.19. The molecule has 3 nitrogen and oxygen atoms in total. The molecule has 3 aromatic carbocycles. The zero-order chi connectivity index (χ0) is 21.6. The molecule has 0 N–H and O–H groups in total. The molecule has 5 heteroatoms. The lowest BCUT2D eigenvalue weighted by Crippen LogP contribution is -2.08. The standard InChI is InChI=1S/C16H14F2O2.C8H10O/c1-9-4-5-15(20-3)12(6-9)16(19)11-7-10(2)13(17)8-14(11)18;1-7-3-5-8(9-2)6-4-7/h4-8H,1-3H3;3-6H,1-2H3. The highest BCUT2D eigenvalue weighted by molar-refractivity contribution is 6.11. The highest BCUT2D eigenvalue weighted by Crippen LogP contribution is 2.25. The molecule has 0 spiro atoms. The number of hydrogen-bond donors (Lipinski definition) is 0. The minimum Gasteiger partial charge on any atom is -0.497 e. The zero-order valence-electron chi connectivity index (χ0n) is 17.2. The van der Waals surface area contributed by atoms with Gasteiger partial charge in [0.15, 0.2) is 5.78 Å². The van der Waals surface area contributed by atoms with Crippen molar-refractivity contribution in [1.82, 2.24) is 0 Å². The maximum absolute atomic E-state index is 13.8. The van der Waals surface area contributed by atoms with Gasteiger partial charge in [-0.25, -0.2) is 8.78 Å². The van der Waals surface area contributed by atoms with Crippen LogP contribution in [0.15, 0.2) is 54.6 Å². The Morgan fingerprint density at radius 3 is 1.93 bits per heavy atom. The van der Waals surface area contributed by atoms with Gasteiger partial charge in [0.05, 0.1) is 25.3 Å². The average Bonchev–Trinajstić information content (AvgIpc) is 2.71. The van der Waals surface area contributed by atoms with Crippen molar-refractivity contribution in [3.05, 3.63) is 94.0 Å². The second kappa shape index (κ2) is 9.82. The molecule has 0 atom stereocenters. The van der Waals surface area contributed by atoms with Gasteiger partial charge in [-0.15, -0.1) is 0 Å². The van der Waals surface area contributed by atoms with Gasteiger partial charge in [-0.2, -0.15) is 0 Å². The largest absolute Gasteiger partial charge is 0.497 e. The summed E-state index contributed by atoms with van der Waals surface area (Å²) in [6.07, 6.45) is 0. The van der Waals surface area contributed by atoms with Gasteiger partial charge in [0.25, 0.3) is 0 Å². The monoisotopic (exact) mass is 398 g/mol. The third-order valence-electron chi connectivity index (χ3n) is 4.35. The normalized spacial score (nSPS) is 10.0. The molecule has 0 saturated carbocycles. The van der Waals surface area contributed by atoms with Crippen LogP contribution in [0.3, 0.4) is 0 Å². The van der Waals surface area contributed by atoms with Crippen LogP contribution >= 0.6 is 0 Å². The molecular weight excluding hydrogens is 374 g/mol. The first-order chi connectivity index (χ1) is 13.8. The van der Waals surface area contributed by atoms with Gasteiger partial charge in [-0.05, 0) is 56.7 Å². The number of halogens is 2. The van der Waals surface area contributed by atoms with E-state index < -0.39 is 17.4 Å². The molecule has 0 aliphatic carbocycles. The predicted molar refractivity (Wildman–Crippen MR) is 110 cm³/mol. The molecule has 3 rings (SSSR count). The maximum Gasteiger partial charge on any atom is 0.199 e. The molecule has 3 aromatic rings. The van der Waals surface area contributed by atoms with Gasteiger partial charge in [-0.1, -0.05) is 29.3 Å². The summed E-state index contributed by atoms with van der Waals surface area (Å²) in [5.41, 5.74) is 2.44. The van der Waals surface area contributed by atoms with E-state index in [0.717, 1.165) is 17.4 Å². The number of ketones is 1. The first-order valence-corrected chi connectivity index (χ1v) is 9.02. The van der Waals surface area contributed by atoms with Gasteiger partial charge in [0.1, 0.15) is 23.1 Å². The third kappa shape index (κ3) is 5.64. The van der Waals surface area contributed by atoms with E-state index in [4.69, 9.17) is 9.47 Å². The molecule has 29 heavy (non-hydrogen) atoms. The van der Waals surface area contributed by atoms with Crippen molar-refractivity contribution in [1.29, 1.82) is 0 Å². The Kier molecular flexibility index (Phi) is 7.48. The number of ether oxygens (including phenoxy) is 2. The van der Waals surface area contributed by atoms with Crippen molar-refractivity contribution in [2.45, 2.75) is 20.8 Å². The molecule has 0 aliphatic rings. The number of carbonyl (C=O) groups excluding carboxylic acids is 1. The Morgan fingerprint density at radius 1 is 0.724 bits per heavy atom.